The SMILES string of the molecule is Cc1ccc(-c2csc(N(Cc3ccc(C(F)(F)F)cc3)c3ccc(C(NCCC(=O)O)=C4CC4)cc3)n2)cc1. The van der Waals surface area contributed by atoms with Crippen molar-refractivity contribution in [3.8, 4) is 11.3 Å². The summed E-state index contributed by atoms with van der Waals surface area (Å²) in [4.78, 5) is 17.8. The lowest BCUT2D eigenvalue weighted by Gasteiger charge is -2.23. The summed E-state index contributed by atoms with van der Waals surface area (Å²) in [6.45, 7) is 2.71. The number of nitrogens with zero attached hydrogens (tertiary/aromatic N) is 2. The molecule has 0 spiro atoms. The number of nitrogens with one attached hydrogen (secondary N) is 1. The molecule has 0 saturated heterocycles. The third-order valence-electron chi connectivity index (χ3n) is 6.65. The highest BCUT2D eigenvalue weighted by Crippen LogP contribution is 2.38. The highest BCUT2D eigenvalue weighted by molar-refractivity contribution is 7.14. The standard InChI is InChI=1S/C31H28F3N3O2S/c1-20-2-6-22(7-3-20)27-19-40-30(36-27)37(18-21-4-12-25(13-5-21)31(32,33)34)26-14-10-24(11-15-26)29(23-8-9-23)35-17-16-28(38)39/h2-7,10-15,19,35H,8-9,16-18H2,1H3,(H,38,39). The fourth-order valence-electron chi connectivity index (χ4n) is 4.34. The molecule has 2 N–H and O–H groups in total. The Labute approximate surface area is 234 Å². The molecular weight excluding hydrogens is 535 g/mol. The molecule has 5 rings (SSSR count). The molecule has 1 fully saturated rings. The van der Waals surface area contributed by atoms with Gasteiger partial charge in [-0.2, -0.15) is 13.2 Å². The van der Waals surface area contributed by atoms with Crippen LogP contribution in [0.3, 0.4) is 0 Å². The Hall–Kier alpha value is -4.11. The number of benzene rings is 3. The van der Waals surface area contributed by atoms with Crippen molar-refractivity contribution in [1.29, 1.82) is 0 Å². The fraction of sp³-hybridized carbons (Fsp3) is 0.226. The Morgan fingerprint density at radius 1 is 1.00 bits per heavy atom. The molecule has 1 heterocycles. The second kappa shape index (κ2) is 11.6. The van der Waals surface area contributed by atoms with Crippen molar-refractivity contribution in [3.05, 3.63) is 106 Å². The molecule has 1 aliphatic rings. The van der Waals surface area contributed by atoms with E-state index in [1.165, 1.54) is 29.0 Å². The molecule has 40 heavy (non-hydrogen) atoms. The molecule has 0 atom stereocenters. The number of aromatic nitrogens is 1. The lowest BCUT2D eigenvalue weighted by Crippen LogP contribution is -2.18. The highest BCUT2D eigenvalue weighted by atomic mass is 32.1. The van der Waals surface area contributed by atoms with Crippen LogP contribution in [-0.2, 0) is 17.5 Å². The quantitative estimate of drug-likeness (QED) is 0.204. The van der Waals surface area contributed by atoms with E-state index in [-0.39, 0.29) is 6.42 Å². The Morgan fingerprint density at radius 2 is 1.68 bits per heavy atom. The first kappa shape index (κ1) is 27.5. The van der Waals surface area contributed by atoms with Crippen molar-refractivity contribution < 1.29 is 23.1 Å². The van der Waals surface area contributed by atoms with E-state index in [0.29, 0.717) is 13.1 Å². The average Bonchev–Trinajstić information content (AvgIpc) is 3.66. The topological polar surface area (TPSA) is 65.5 Å². The molecule has 1 saturated carbocycles. The Kier molecular flexibility index (Phi) is 7.93. The smallest absolute Gasteiger partial charge is 0.416 e. The van der Waals surface area contributed by atoms with E-state index in [9.17, 15) is 18.0 Å². The first-order valence-corrected chi connectivity index (χ1v) is 13.8. The summed E-state index contributed by atoms with van der Waals surface area (Å²) in [6, 6.07) is 21.2. The van der Waals surface area contributed by atoms with Gasteiger partial charge in [-0.3, -0.25) is 4.79 Å². The minimum atomic E-state index is -4.39. The maximum Gasteiger partial charge on any atom is 0.416 e. The van der Waals surface area contributed by atoms with Crippen LogP contribution in [0.15, 0.2) is 83.7 Å². The van der Waals surface area contributed by atoms with Gasteiger partial charge in [-0.25, -0.2) is 4.98 Å². The van der Waals surface area contributed by atoms with Crippen molar-refractivity contribution in [3.63, 3.8) is 0 Å². The lowest BCUT2D eigenvalue weighted by molar-refractivity contribution is -0.138. The largest absolute Gasteiger partial charge is 0.481 e. The normalized spacial score (nSPS) is 12.8. The number of alkyl halides is 3. The van der Waals surface area contributed by atoms with E-state index in [1.807, 2.05) is 65.7 Å². The summed E-state index contributed by atoms with van der Waals surface area (Å²) in [5, 5.41) is 15.0. The molecule has 0 unspecified atom stereocenters. The van der Waals surface area contributed by atoms with Gasteiger partial charge in [0.2, 0.25) is 0 Å². The van der Waals surface area contributed by atoms with Crippen molar-refractivity contribution in [2.45, 2.75) is 38.9 Å². The predicted molar refractivity (Wildman–Crippen MR) is 152 cm³/mol. The fourth-order valence-corrected chi connectivity index (χ4v) is 5.20. The van der Waals surface area contributed by atoms with E-state index in [4.69, 9.17) is 10.1 Å². The number of rotatable bonds is 10. The van der Waals surface area contributed by atoms with Gasteiger partial charge in [-0.05, 0) is 60.7 Å². The first-order chi connectivity index (χ1) is 19.2. The van der Waals surface area contributed by atoms with Gasteiger partial charge in [-0.15, -0.1) is 11.3 Å². The van der Waals surface area contributed by atoms with E-state index < -0.39 is 17.7 Å². The summed E-state index contributed by atoms with van der Waals surface area (Å²) >= 11 is 1.47. The van der Waals surface area contributed by atoms with E-state index >= 15 is 0 Å². The molecule has 206 valence electrons. The first-order valence-electron chi connectivity index (χ1n) is 12.9. The van der Waals surface area contributed by atoms with Crippen LogP contribution in [0.2, 0.25) is 0 Å². The summed E-state index contributed by atoms with van der Waals surface area (Å²) in [5.41, 5.74) is 7.07. The van der Waals surface area contributed by atoms with Crippen LogP contribution >= 0.6 is 11.3 Å². The molecule has 1 aliphatic carbocycles. The number of hydrogen-bond donors (Lipinski definition) is 2. The van der Waals surface area contributed by atoms with Gasteiger partial charge in [-0.1, -0.05) is 54.1 Å². The van der Waals surface area contributed by atoms with Crippen LogP contribution in [0.5, 0.6) is 0 Å². The number of aliphatic carboxylic acids is 1. The molecular formula is C31H28F3N3O2S. The van der Waals surface area contributed by atoms with Gasteiger partial charge >= 0.3 is 12.1 Å². The number of carboxylic acids is 1. The summed E-state index contributed by atoms with van der Waals surface area (Å²) in [6.07, 6.45) is -2.39. The second-order valence-electron chi connectivity index (χ2n) is 9.76. The molecule has 0 amide bonds. The number of carbonyl (C=O) groups is 1. The maximum atomic E-state index is 13.1. The lowest BCUT2D eigenvalue weighted by atomic mass is 10.1. The van der Waals surface area contributed by atoms with Gasteiger partial charge in [0.15, 0.2) is 5.13 Å². The van der Waals surface area contributed by atoms with Crippen LogP contribution in [-0.4, -0.2) is 22.6 Å². The van der Waals surface area contributed by atoms with Crippen LogP contribution in [0.25, 0.3) is 17.0 Å². The number of allylic oxidation sites excluding steroid dienone is 1. The van der Waals surface area contributed by atoms with Crippen molar-refractivity contribution in [1.82, 2.24) is 10.3 Å². The number of thiazole rings is 1. The zero-order chi connectivity index (χ0) is 28.3. The van der Waals surface area contributed by atoms with Crippen LogP contribution in [0.1, 0.15) is 41.5 Å². The van der Waals surface area contributed by atoms with E-state index in [0.717, 1.165) is 69.4 Å². The third-order valence-corrected chi connectivity index (χ3v) is 7.52. The highest BCUT2D eigenvalue weighted by Gasteiger charge is 2.30. The van der Waals surface area contributed by atoms with Gasteiger partial charge in [0.05, 0.1) is 24.2 Å². The molecule has 1 aromatic heterocycles. The third kappa shape index (κ3) is 6.71. The molecule has 9 heteroatoms. The minimum Gasteiger partial charge on any atom is -0.481 e. The van der Waals surface area contributed by atoms with E-state index in [1.54, 1.807) is 0 Å². The molecule has 0 aliphatic heterocycles. The van der Waals surface area contributed by atoms with E-state index in [2.05, 4.69) is 5.32 Å². The Bertz CT molecular complexity index is 1500. The molecule has 0 bridgehead atoms. The van der Waals surface area contributed by atoms with Gasteiger partial charge in [0.1, 0.15) is 0 Å². The Balaban J connectivity index is 1.44. The molecule has 5 nitrogen and oxygen atoms in total. The average molecular weight is 564 g/mol. The zero-order valence-corrected chi connectivity index (χ0v) is 22.6. The zero-order valence-electron chi connectivity index (χ0n) is 21.8. The van der Waals surface area contributed by atoms with Gasteiger partial charge < -0.3 is 15.3 Å². The Morgan fingerprint density at radius 3 is 2.27 bits per heavy atom. The molecule has 0 radical (unpaired) electrons. The van der Waals surface area contributed by atoms with Crippen molar-refractivity contribution >= 4 is 33.8 Å². The summed E-state index contributed by atoms with van der Waals surface area (Å²) in [5.74, 6) is -0.852. The van der Waals surface area contributed by atoms with Crippen LogP contribution < -0.4 is 10.2 Å². The minimum absolute atomic E-state index is 0.0309. The number of anilines is 2. The maximum absolute atomic E-state index is 13.1. The summed E-state index contributed by atoms with van der Waals surface area (Å²) in [7, 11) is 0. The van der Waals surface area contributed by atoms with Gasteiger partial charge in [0.25, 0.3) is 0 Å². The predicted octanol–water partition coefficient (Wildman–Crippen LogP) is 8.04. The number of carboxylic acid groups (broad SMARTS) is 1. The summed E-state index contributed by atoms with van der Waals surface area (Å²) < 4.78 is 39.4. The monoisotopic (exact) mass is 563 g/mol. The number of aryl methyl sites for hydroxylation is 1. The van der Waals surface area contributed by atoms with Crippen LogP contribution in [0, 0.1) is 6.92 Å². The number of hydrogen-bond acceptors (Lipinski definition) is 5. The van der Waals surface area contributed by atoms with Crippen molar-refractivity contribution in [2.75, 3.05) is 11.4 Å². The second-order valence-corrected chi connectivity index (χ2v) is 10.6. The molecule has 4 aromatic rings. The number of halogens is 3. The molecule has 3 aromatic carbocycles. The van der Waals surface area contributed by atoms with Crippen LogP contribution in [0.4, 0.5) is 24.0 Å². The van der Waals surface area contributed by atoms with Crippen molar-refractivity contribution in [2.24, 2.45) is 0 Å². The van der Waals surface area contributed by atoms with Gasteiger partial charge in [0, 0.05) is 28.9 Å².